The van der Waals surface area contributed by atoms with Crippen LogP contribution in [0.4, 0.5) is 10.2 Å². The average Bonchev–Trinajstić information content (AvgIpc) is 3.03. The van der Waals surface area contributed by atoms with E-state index in [2.05, 4.69) is 10.4 Å². The molecule has 0 saturated carbocycles. The molecule has 2 heterocycles. The zero-order chi connectivity index (χ0) is 20.1. The normalized spacial score (nSPS) is 15.4. The molecule has 28 heavy (non-hydrogen) atoms. The second-order valence-corrected chi connectivity index (χ2v) is 6.91. The highest BCUT2D eigenvalue weighted by Crippen LogP contribution is 2.20. The maximum atomic E-state index is 13.2. The number of nitrogens with one attached hydrogen (secondary N) is 1. The SMILES string of the molecule is CCOC(=O)C1CCN(CC(=O)Nc2cc(C)nn2-c2ccc(F)cc2)CC1. The van der Waals surface area contributed by atoms with Crippen molar-refractivity contribution in [2.75, 3.05) is 31.6 Å². The summed E-state index contributed by atoms with van der Waals surface area (Å²) in [5, 5.41) is 7.25. The van der Waals surface area contributed by atoms with Crippen LogP contribution in [0.2, 0.25) is 0 Å². The molecule has 1 N–H and O–H groups in total. The Morgan fingerprint density at radius 2 is 1.93 bits per heavy atom. The molecule has 0 bridgehead atoms. The lowest BCUT2D eigenvalue weighted by molar-refractivity contribution is -0.149. The van der Waals surface area contributed by atoms with E-state index < -0.39 is 0 Å². The summed E-state index contributed by atoms with van der Waals surface area (Å²) >= 11 is 0. The number of hydrogen-bond acceptors (Lipinski definition) is 5. The van der Waals surface area contributed by atoms with Gasteiger partial charge in [-0.3, -0.25) is 14.5 Å². The minimum absolute atomic E-state index is 0.0816. The Labute approximate surface area is 163 Å². The molecular weight excluding hydrogens is 363 g/mol. The number of esters is 1. The third-order valence-electron chi connectivity index (χ3n) is 4.74. The van der Waals surface area contributed by atoms with Crippen LogP contribution in [0.5, 0.6) is 0 Å². The van der Waals surface area contributed by atoms with Gasteiger partial charge >= 0.3 is 5.97 Å². The van der Waals surface area contributed by atoms with Crippen molar-refractivity contribution in [3.05, 3.63) is 41.8 Å². The fourth-order valence-electron chi connectivity index (χ4n) is 3.34. The smallest absolute Gasteiger partial charge is 0.309 e. The number of carbonyl (C=O) groups excluding carboxylic acids is 2. The van der Waals surface area contributed by atoms with Crippen LogP contribution in [0.15, 0.2) is 30.3 Å². The van der Waals surface area contributed by atoms with E-state index in [1.54, 1.807) is 29.8 Å². The van der Waals surface area contributed by atoms with Gasteiger partial charge in [-0.2, -0.15) is 5.10 Å². The van der Waals surface area contributed by atoms with Crippen LogP contribution in [-0.4, -0.2) is 52.8 Å². The predicted molar refractivity (Wildman–Crippen MR) is 103 cm³/mol. The number of anilines is 1. The maximum absolute atomic E-state index is 13.2. The van der Waals surface area contributed by atoms with Gasteiger partial charge in [-0.25, -0.2) is 9.07 Å². The fourth-order valence-corrected chi connectivity index (χ4v) is 3.34. The molecule has 0 atom stereocenters. The third kappa shape index (κ3) is 4.95. The van der Waals surface area contributed by atoms with E-state index in [-0.39, 0.29) is 30.2 Å². The van der Waals surface area contributed by atoms with Gasteiger partial charge in [0.1, 0.15) is 11.6 Å². The van der Waals surface area contributed by atoms with Gasteiger partial charge in [0.05, 0.1) is 30.5 Å². The zero-order valence-corrected chi connectivity index (χ0v) is 16.2. The Hall–Kier alpha value is -2.74. The highest BCUT2D eigenvalue weighted by molar-refractivity contribution is 5.91. The summed E-state index contributed by atoms with van der Waals surface area (Å²) in [5.41, 5.74) is 1.41. The van der Waals surface area contributed by atoms with Crippen LogP contribution in [-0.2, 0) is 14.3 Å². The van der Waals surface area contributed by atoms with Gasteiger partial charge in [-0.05, 0) is 64.0 Å². The standard InChI is InChI=1S/C20H25FN4O3/c1-3-28-20(27)15-8-10-24(11-9-15)13-19(26)22-18-12-14(2)23-25(18)17-6-4-16(21)5-7-17/h4-7,12,15H,3,8-11,13H2,1-2H3,(H,22,26). The molecule has 1 aromatic heterocycles. The molecule has 1 aliphatic rings. The highest BCUT2D eigenvalue weighted by Gasteiger charge is 2.27. The second-order valence-electron chi connectivity index (χ2n) is 6.91. The van der Waals surface area contributed by atoms with Crippen LogP contribution in [0.25, 0.3) is 5.69 Å². The quantitative estimate of drug-likeness (QED) is 0.770. The van der Waals surface area contributed by atoms with Crippen molar-refractivity contribution in [1.82, 2.24) is 14.7 Å². The zero-order valence-electron chi connectivity index (χ0n) is 16.2. The van der Waals surface area contributed by atoms with Crippen molar-refractivity contribution in [2.24, 2.45) is 5.92 Å². The Morgan fingerprint density at radius 1 is 1.25 bits per heavy atom. The first-order valence-electron chi connectivity index (χ1n) is 9.47. The Bertz CT molecular complexity index is 826. The van der Waals surface area contributed by atoms with Gasteiger partial charge in [-0.1, -0.05) is 0 Å². The highest BCUT2D eigenvalue weighted by atomic mass is 19.1. The van der Waals surface area contributed by atoms with Crippen molar-refractivity contribution < 1.29 is 18.7 Å². The van der Waals surface area contributed by atoms with Crippen LogP contribution in [0.1, 0.15) is 25.5 Å². The number of aromatic nitrogens is 2. The van der Waals surface area contributed by atoms with E-state index >= 15 is 0 Å². The molecule has 150 valence electrons. The molecule has 0 unspecified atom stereocenters. The number of benzene rings is 1. The van der Waals surface area contributed by atoms with Crippen molar-refractivity contribution in [2.45, 2.75) is 26.7 Å². The number of carbonyl (C=O) groups is 2. The van der Waals surface area contributed by atoms with Crippen LogP contribution >= 0.6 is 0 Å². The lowest BCUT2D eigenvalue weighted by atomic mass is 9.97. The molecule has 1 saturated heterocycles. The largest absolute Gasteiger partial charge is 0.466 e. The van der Waals surface area contributed by atoms with Crippen LogP contribution < -0.4 is 5.32 Å². The number of piperidine rings is 1. The number of halogens is 1. The fraction of sp³-hybridized carbons (Fsp3) is 0.450. The summed E-state index contributed by atoms with van der Waals surface area (Å²) in [6, 6.07) is 7.70. The lowest BCUT2D eigenvalue weighted by Crippen LogP contribution is -2.41. The van der Waals surface area contributed by atoms with Gasteiger partial charge in [0.15, 0.2) is 0 Å². The van der Waals surface area contributed by atoms with Gasteiger partial charge < -0.3 is 10.1 Å². The average molecular weight is 388 g/mol. The summed E-state index contributed by atoms with van der Waals surface area (Å²) in [6.45, 7) is 5.61. The summed E-state index contributed by atoms with van der Waals surface area (Å²) in [7, 11) is 0. The summed E-state index contributed by atoms with van der Waals surface area (Å²) < 4.78 is 19.8. The first-order chi connectivity index (χ1) is 13.5. The number of hydrogen-bond donors (Lipinski definition) is 1. The number of aryl methyl sites for hydroxylation is 1. The predicted octanol–water partition coefficient (Wildman–Crippen LogP) is 2.53. The molecular formula is C20H25FN4O3. The third-order valence-corrected chi connectivity index (χ3v) is 4.74. The maximum Gasteiger partial charge on any atom is 0.309 e. The molecule has 1 fully saturated rings. The van der Waals surface area contributed by atoms with Crippen LogP contribution in [0.3, 0.4) is 0 Å². The van der Waals surface area contributed by atoms with E-state index in [1.807, 2.05) is 11.8 Å². The van der Waals surface area contributed by atoms with Crippen molar-refractivity contribution in [1.29, 1.82) is 0 Å². The Balaban J connectivity index is 1.57. The number of rotatable bonds is 6. The summed E-state index contributed by atoms with van der Waals surface area (Å²) in [4.78, 5) is 26.3. The molecule has 1 aliphatic heterocycles. The number of ether oxygens (including phenoxy) is 1. The van der Waals surface area contributed by atoms with E-state index in [9.17, 15) is 14.0 Å². The monoisotopic (exact) mass is 388 g/mol. The molecule has 3 rings (SSSR count). The molecule has 0 spiro atoms. The second kappa shape index (κ2) is 8.97. The van der Waals surface area contributed by atoms with Gasteiger partial charge in [0, 0.05) is 6.07 Å². The Kier molecular flexibility index (Phi) is 6.41. The van der Waals surface area contributed by atoms with Gasteiger partial charge in [0.25, 0.3) is 0 Å². The number of likely N-dealkylation sites (tertiary alicyclic amines) is 1. The van der Waals surface area contributed by atoms with Gasteiger partial charge in [-0.15, -0.1) is 0 Å². The molecule has 1 aromatic carbocycles. The van der Waals surface area contributed by atoms with E-state index in [0.717, 1.165) is 5.69 Å². The molecule has 0 radical (unpaired) electrons. The van der Waals surface area contributed by atoms with Gasteiger partial charge in [0.2, 0.25) is 5.91 Å². The van der Waals surface area contributed by atoms with E-state index in [0.29, 0.717) is 44.0 Å². The van der Waals surface area contributed by atoms with E-state index in [4.69, 9.17) is 4.74 Å². The minimum atomic E-state index is -0.329. The van der Waals surface area contributed by atoms with Crippen molar-refractivity contribution in [3.8, 4) is 5.69 Å². The number of amides is 1. The first-order valence-corrected chi connectivity index (χ1v) is 9.47. The van der Waals surface area contributed by atoms with Crippen molar-refractivity contribution >= 4 is 17.7 Å². The van der Waals surface area contributed by atoms with Crippen molar-refractivity contribution in [3.63, 3.8) is 0 Å². The van der Waals surface area contributed by atoms with E-state index in [1.165, 1.54) is 12.1 Å². The molecule has 2 aromatic rings. The molecule has 8 heteroatoms. The Morgan fingerprint density at radius 3 is 2.57 bits per heavy atom. The first kappa shape index (κ1) is 20.0. The lowest BCUT2D eigenvalue weighted by Gasteiger charge is -2.30. The van der Waals surface area contributed by atoms with Crippen LogP contribution in [0, 0.1) is 18.7 Å². The number of nitrogens with zero attached hydrogens (tertiary/aromatic N) is 3. The summed E-state index contributed by atoms with van der Waals surface area (Å²) in [6.07, 6.45) is 1.39. The summed E-state index contributed by atoms with van der Waals surface area (Å²) in [5.74, 6) is -0.176. The molecule has 0 aliphatic carbocycles. The minimum Gasteiger partial charge on any atom is -0.466 e. The topological polar surface area (TPSA) is 76.5 Å². The molecule has 7 nitrogen and oxygen atoms in total. The molecule has 1 amide bonds.